The normalized spacial score (nSPS) is 17.1. The van der Waals surface area contributed by atoms with Crippen LogP contribution in [0.3, 0.4) is 0 Å². The predicted octanol–water partition coefficient (Wildman–Crippen LogP) is 1.42. The molecule has 0 spiro atoms. The van der Waals surface area contributed by atoms with Crippen LogP contribution < -0.4 is 10.1 Å². The number of rotatable bonds is 4. The number of carbonyl (C=O) groups excluding carboxylic acids is 1. The summed E-state index contributed by atoms with van der Waals surface area (Å²) in [5, 5.41) is 3.06. The molecule has 6 heteroatoms. The third-order valence-electron chi connectivity index (χ3n) is 3.57. The van der Waals surface area contributed by atoms with Gasteiger partial charge >= 0.3 is 0 Å². The van der Waals surface area contributed by atoms with E-state index in [4.69, 9.17) is 4.74 Å². The Kier molecular flexibility index (Phi) is 3.85. The van der Waals surface area contributed by atoms with Gasteiger partial charge in [-0.3, -0.25) is 4.79 Å². The third kappa shape index (κ3) is 2.89. The summed E-state index contributed by atoms with van der Waals surface area (Å²) in [4.78, 5) is 20.8. The first-order valence-electron chi connectivity index (χ1n) is 7.16. The van der Waals surface area contributed by atoms with Crippen LogP contribution >= 0.6 is 0 Å². The lowest BCUT2D eigenvalue weighted by Gasteiger charge is -2.25. The molecule has 0 bridgehead atoms. The summed E-state index contributed by atoms with van der Waals surface area (Å²) in [6, 6.07) is 3.58. The topological polar surface area (TPSA) is 69.0 Å². The first-order valence-corrected chi connectivity index (χ1v) is 7.16. The Bertz CT molecular complexity index is 638. The monoisotopic (exact) mass is 286 g/mol. The summed E-state index contributed by atoms with van der Waals surface area (Å²) < 4.78 is 7.49. The van der Waals surface area contributed by atoms with Gasteiger partial charge in [-0.1, -0.05) is 0 Å². The Morgan fingerprint density at radius 1 is 1.48 bits per heavy atom. The Morgan fingerprint density at radius 3 is 3.24 bits per heavy atom. The van der Waals surface area contributed by atoms with Crippen LogP contribution in [-0.2, 0) is 13.0 Å². The van der Waals surface area contributed by atoms with Gasteiger partial charge in [0, 0.05) is 37.6 Å². The Labute approximate surface area is 123 Å². The maximum absolute atomic E-state index is 12.4. The molecule has 6 nitrogen and oxygen atoms in total. The van der Waals surface area contributed by atoms with Crippen LogP contribution in [0.4, 0.5) is 0 Å². The standard InChI is InChI=1S/C15H18N4O2/c1-2-21-15-12(4-3-7-17-15)14(20)18-11-5-6-13-16-8-9-19(13)10-11/h3-4,7-9,11H,2,5-6,10H2,1H3,(H,18,20)/t11-/m0/s1. The van der Waals surface area contributed by atoms with Gasteiger partial charge in [0.25, 0.3) is 5.91 Å². The number of ether oxygens (including phenoxy) is 1. The predicted molar refractivity (Wildman–Crippen MR) is 77.2 cm³/mol. The highest BCUT2D eigenvalue weighted by Crippen LogP contribution is 2.17. The minimum Gasteiger partial charge on any atom is -0.477 e. The van der Waals surface area contributed by atoms with E-state index < -0.39 is 0 Å². The van der Waals surface area contributed by atoms with E-state index >= 15 is 0 Å². The lowest BCUT2D eigenvalue weighted by molar-refractivity contribution is 0.0923. The van der Waals surface area contributed by atoms with Crippen molar-refractivity contribution in [1.29, 1.82) is 0 Å². The first-order chi connectivity index (χ1) is 10.3. The molecular formula is C15H18N4O2. The molecule has 2 aromatic heterocycles. The van der Waals surface area contributed by atoms with Gasteiger partial charge < -0.3 is 14.6 Å². The average Bonchev–Trinajstić information content (AvgIpc) is 2.95. The number of aryl methyl sites for hydroxylation is 1. The molecule has 1 aliphatic rings. The number of amides is 1. The summed E-state index contributed by atoms with van der Waals surface area (Å²) >= 11 is 0. The van der Waals surface area contributed by atoms with Crippen molar-refractivity contribution in [1.82, 2.24) is 19.9 Å². The zero-order valence-electron chi connectivity index (χ0n) is 12.0. The van der Waals surface area contributed by atoms with Gasteiger partial charge in [0.05, 0.1) is 6.61 Å². The summed E-state index contributed by atoms with van der Waals surface area (Å²) in [6.45, 7) is 3.11. The molecule has 0 saturated heterocycles. The molecule has 3 heterocycles. The number of nitrogens with one attached hydrogen (secondary N) is 1. The summed E-state index contributed by atoms with van der Waals surface area (Å²) in [5.74, 6) is 1.33. The second-order valence-corrected chi connectivity index (χ2v) is 4.99. The zero-order chi connectivity index (χ0) is 14.7. The lowest BCUT2D eigenvalue weighted by atomic mass is 10.1. The van der Waals surface area contributed by atoms with Crippen LogP contribution in [0.25, 0.3) is 0 Å². The van der Waals surface area contributed by atoms with Crippen molar-refractivity contribution < 1.29 is 9.53 Å². The van der Waals surface area contributed by atoms with Crippen molar-refractivity contribution in [3.8, 4) is 5.88 Å². The fourth-order valence-corrected chi connectivity index (χ4v) is 2.56. The molecule has 1 atom stereocenters. The van der Waals surface area contributed by atoms with Crippen molar-refractivity contribution in [3.63, 3.8) is 0 Å². The molecule has 3 rings (SSSR count). The maximum atomic E-state index is 12.4. The molecule has 2 aromatic rings. The number of pyridine rings is 1. The minimum atomic E-state index is -0.139. The quantitative estimate of drug-likeness (QED) is 0.923. The molecule has 21 heavy (non-hydrogen) atoms. The van der Waals surface area contributed by atoms with Gasteiger partial charge in [0.1, 0.15) is 11.4 Å². The number of nitrogens with zero attached hydrogens (tertiary/aromatic N) is 3. The van der Waals surface area contributed by atoms with Gasteiger partial charge in [0.15, 0.2) is 0 Å². The average molecular weight is 286 g/mol. The van der Waals surface area contributed by atoms with Crippen molar-refractivity contribution in [2.24, 2.45) is 0 Å². The Hall–Kier alpha value is -2.37. The number of hydrogen-bond donors (Lipinski definition) is 1. The van der Waals surface area contributed by atoms with E-state index in [1.165, 1.54) is 0 Å². The minimum absolute atomic E-state index is 0.105. The van der Waals surface area contributed by atoms with Crippen LogP contribution in [0.1, 0.15) is 29.5 Å². The second-order valence-electron chi connectivity index (χ2n) is 4.99. The highest BCUT2D eigenvalue weighted by Gasteiger charge is 2.22. The Morgan fingerprint density at radius 2 is 2.38 bits per heavy atom. The molecule has 0 unspecified atom stereocenters. The SMILES string of the molecule is CCOc1ncccc1C(=O)N[C@H]1CCc2nccn2C1. The van der Waals surface area contributed by atoms with Crippen molar-refractivity contribution in [2.75, 3.05) is 6.61 Å². The van der Waals surface area contributed by atoms with Crippen LogP contribution in [0.2, 0.25) is 0 Å². The van der Waals surface area contributed by atoms with Crippen LogP contribution in [0.15, 0.2) is 30.7 Å². The van der Waals surface area contributed by atoms with E-state index in [0.717, 1.165) is 25.2 Å². The third-order valence-corrected chi connectivity index (χ3v) is 3.57. The van der Waals surface area contributed by atoms with E-state index in [9.17, 15) is 4.79 Å². The molecule has 0 saturated carbocycles. The van der Waals surface area contributed by atoms with Gasteiger partial charge in [0.2, 0.25) is 5.88 Å². The van der Waals surface area contributed by atoms with Crippen molar-refractivity contribution >= 4 is 5.91 Å². The smallest absolute Gasteiger partial charge is 0.257 e. The summed E-state index contributed by atoms with van der Waals surface area (Å²) in [6.07, 6.45) is 7.15. The fourth-order valence-electron chi connectivity index (χ4n) is 2.56. The Balaban J connectivity index is 1.70. The molecule has 0 aliphatic carbocycles. The highest BCUT2D eigenvalue weighted by atomic mass is 16.5. The molecule has 0 aromatic carbocycles. The fraction of sp³-hybridized carbons (Fsp3) is 0.400. The number of hydrogen-bond acceptors (Lipinski definition) is 4. The van der Waals surface area contributed by atoms with Crippen LogP contribution in [-0.4, -0.2) is 33.1 Å². The first kappa shape index (κ1) is 13.6. The van der Waals surface area contributed by atoms with E-state index in [1.807, 2.05) is 13.1 Å². The van der Waals surface area contributed by atoms with E-state index in [1.54, 1.807) is 24.5 Å². The van der Waals surface area contributed by atoms with E-state index in [2.05, 4.69) is 19.9 Å². The number of carbonyl (C=O) groups is 1. The van der Waals surface area contributed by atoms with Gasteiger partial charge in [-0.2, -0.15) is 0 Å². The molecule has 1 N–H and O–H groups in total. The van der Waals surface area contributed by atoms with Crippen molar-refractivity contribution in [2.45, 2.75) is 32.4 Å². The number of aromatic nitrogens is 3. The van der Waals surface area contributed by atoms with Crippen LogP contribution in [0.5, 0.6) is 5.88 Å². The van der Waals surface area contributed by atoms with Gasteiger partial charge in [-0.15, -0.1) is 0 Å². The van der Waals surface area contributed by atoms with Crippen LogP contribution in [0, 0.1) is 0 Å². The zero-order valence-corrected chi connectivity index (χ0v) is 12.0. The number of fused-ring (bicyclic) bond motifs is 1. The molecule has 0 fully saturated rings. The molecule has 1 amide bonds. The molecule has 110 valence electrons. The van der Waals surface area contributed by atoms with Gasteiger partial charge in [-0.25, -0.2) is 9.97 Å². The van der Waals surface area contributed by atoms with E-state index in [-0.39, 0.29) is 11.9 Å². The maximum Gasteiger partial charge on any atom is 0.257 e. The van der Waals surface area contributed by atoms with Crippen molar-refractivity contribution in [3.05, 3.63) is 42.1 Å². The lowest BCUT2D eigenvalue weighted by Crippen LogP contribution is -2.41. The molecule has 0 radical (unpaired) electrons. The largest absolute Gasteiger partial charge is 0.477 e. The summed E-state index contributed by atoms with van der Waals surface area (Å²) in [5.41, 5.74) is 0.482. The second kappa shape index (κ2) is 5.95. The summed E-state index contributed by atoms with van der Waals surface area (Å²) in [7, 11) is 0. The molecule has 1 aliphatic heterocycles. The molecular weight excluding hydrogens is 268 g/mol. The van der Waals surface area contributed by atoms with E-state index in [0.29, 0.717) is 18.1 Å². The van der Waals surface area contributed by atoms with Gasteiger partial charge in [-0.05, 0) is 25.5 Å². The highest BCUT2D eigenvalue weighted by molar-refractivity contribution is 5.96. The number of imidazole rings is 1.